The molecule has 2 aromatic carbocycles. The molecular weight excluding hydrogens is 316 g/mol. The molecule has 0 spiro atoms. The quantitative estimate of drug-likeness (QED) is 0.764. The molecule has 3 nitrogen and oxygen atoms in total. The lowest BCUT2D eigenvalue weighted by Gasteiger charge is -2.07. The lowest BCUT2D eigenvalue weighted by molar-refractivity contribution is 0.102. The van der Waals surface area contributed by atoms with Crippen LogP contribution in [0.5, 0.6) is 0 Å². The molecule has 0 atom stereocenters. The number of nitrogens with zero attached hydrogens (tertiary/aromatic N) is 1. The number of nitrogens with one attached hydrogen (secondary N) is 1. The fourth-order valence-corrected chi connectivity index (χ4v) is 2.29. The summed E-state index contributed by atoms with van der Waals surface area (Å²) in [5.41, 5.74) is 1.18. The molecule has 0 aliphatic carbocycles. The number of carbonyl (C=O) groups is 1. The molecule has 1 heterocycles. The van der Waals surface area contributed by atoms with Crippen molar-refractivity contribution in [3.63, 3.8) is 0 Å². The smallest absolute Gasteiger partial charge is 0.274 e. The van der Waals surface area contributed by atoms with Crippen LogP contribution in [0.1, 0.15) is 10.5 Å². The SMILES string of the molecule is O=C(Nc1ccc(Br)cc1)c1nccc2ccccc12. The van der Waals surface area contributed by atoms with Crippen molar-refractivity contribution in [2.24, 2.45) is 0 Å². The minimum absolute atomic E-state index is 0.205. The normalized spacial score (nSPS) is 10.4. The molecule has 0 unspecified atom stereocenters. The van der Waals surface area contributed by atoms with Gasteiger partial charge in [0.05, 0.1) is 0 Å². The molecule has 1 N–H and O–H groups in total. The molecule has 4 heteroatoms. The number of aromatic nitrogens is 1. The van der Waals surface area contributed by atoms with Crippen LogP contribution in [-0.4, -0.2) is 10.9 Å². The van der Waals surface area contributed by atoms with Crippen LogP contribution in [0, 0.1) is 0 Å². The van der Waals surface area contributed by atoms with Gasteiger partial charge in [-0.3, -0.25) is 9.78 Å². The van der Waals surface area contributed by atoms with E-state index >= 15 is 0 Å². The minimum Gasteiger partial charge on any atom is -0.321 e. The first-order valence-electron chi connectivity index (χ1n) is 6.15. The summed E-state index contributed by atoms with van der Waals surface area (Å²) in [6.07, 6.45) is 1.65. The molecule has 0 aliphatic rings. The molecule has 3 rings (SSSR count). The zero-order valence-electron chi connectivity index (χ0n) is 10.5. The number of pyridine rings is 1. The van der Waals surface area contributed by atoms with Crippen LogP contribution < -0.4 is 5.32 Å². The van der Waals surface area contributed by atoms with Crippen molar-refractivity contribution in [3.05, 3.63) is 71.0 Å². The molecule has 0 aliphatic heterocycles. The highest BCUT2D eigenvalue weighted by Crippen LogP contribution is 2.19. The second-order valence-corrected chi connectivity index (χ2v) is 5.26. The van der Waals surface area contributed by atoms with Gasteiger partial charge in [-0.15, -0.1) is 0 Å². The number of halogens is 1. The number of hydrogen-bond donors (Lipinski definition) is 1. The molecule has 98 valence electrons. The fraction of sp³-hybridized carbons (Fsp3) is 0. The van der Waals surface area contributed by atoms with E-state index in [0.29, 0.717) is 5.69 Å². The van der Waals surface area contributed by atoms with E-state index in [2.05, 4.69) is 26.2 Å². The predicted molar refractivity (Wildman–Crippen MR) is 83.8 cm³/mol. The Labute approximate surface area is 124 Å². The fourth-order valence-electron chi connectivity index (χ4n) is 2.02. The van der Waals surface area contributed by atoms with E-state index in [1.165, 1.54) is 0 Å². The van der Waals surface area contributed by atoms with Crippen molar-refractivity contribution in [2.75, 3.05) is 5.32 Å². The Balaban J connectivity index is 1.94. The minimum atomic E-state index is -0.205. The van der Waals surface area contributed by atoms with Gasteiger partial charge in [-0.25, -0.2) is 0 Å². The van der Waals surface area contributed by atoms with Crippen LogP contribution in [0.15, 0.2) is 65.3 Å². The number of fused-ring (bicyclic) bond motifs is 1. The Kier molecular flexibility index (Phi) is 3.48. The van der Waals surface area contributed by atoms with Crippen LogP contribution in [0.2, 0.25) is 0 Å². The standard InChI is InChI=1S/C16H11BrN2O/c17-12-5-7-13(8-6-12)19-16(20)15-14-4-2-1-3-11(14)9-10-18-15/h1-10H,(H,19,20). The van der Waals surface area contributed by atoms with E-state index in [1.54, 1.807) is 6.20 Å². The second-order valence-electron chi connectivity index (χ2n) is 4.34. The van der Waals surface area contributed by atoms with Crippen molar-refractivity contribution >= 4 is 38.3 Å². The molecule has 0 fully saturated rings. The average Bonchev–Trinajstić information content (AvgIpc) is 2.49. The summed E-state index contributed by atoms with van der Waals surface area (Å²) in [7, 11) is 0. The molecule has 1 amide bonds. The van der Waals surface area contributed by atoms with Crippen molar-refractivity contribution in [1.29, 1.82) is 0 Å². The van der Waals surface area contributed by atoms with Crippen LogP contribution in [0.4, 0.5) is 5.69 Å². The van der Waals surface area contributed by atoms with Crippen LogP contribution in [0.3, 0.4) is 0 Å². The third-order valence-corrected chi connectivity index (χ3v) is 3.52. The topological polar surface area (TPSA) is 42.0 Å². The lowest BCUT2D eigenvalue weighted by Crippen LogP contribution is -2.14. The van der Waals surface area contributed by atoms with Gasteiger partial charge in [-0.05, 0) is 35.7 Å². The summed E-state index contributed by atoms with van der Waals surface area (Å²) in [4.78, 5) is 16.5. The third kappa shape index (κ3) is 2.56. The van der Waals surface area contributed by atoms with Gasteiger partial charge in [0.2, 0.25) is 0 Å². The van der Waals surface area contributed by atoms with Gasteiger partial charge in [-0.2, -0.15) is 0 Å². The summed E-state index contributed by atoms with van der Waals surface area (Å²) < 4.78 is 0.971. The number of anilines is 1. The zero-order chi connectivity index (χ0) is 13.9. The predicted octanol–water partition coefficient (Wildman–Crippen LogP) is 4.25. The van der Waals surface area contributed by atoms with Gasteiger partial charge in [-0.1, -0.05) is 40.2 Å². The van der Waals surface area contributed by atoms with Crippen molar-refractivity contribution in [2.45, 2.75) is 0 Å². The van der Waals surface area contributed by atoms with Gasteiger partial charge in [0, 0.05) is 21.7 Å². The first-order valence-corrected chi connectivity index (χ1v) is 6.94. The van der Waals surface area contributed by atoms with Crippen LogP contribution in [-0.2, 0) is 0 Å². The van der Waals surface area contributed by atoms with E-state index in [4.69, 9.17) is 0 Å². The number of benzene rings is 2. The third-order valence-electron chi connectivity index (χ3n) is 2.99. The number of amides is 1. The highest BCUT2D eigenvalue weighted by atomic mass is 79.9. The first-order chi connectivity index (χ1) is 9.74. The lowest BCUT2D eigenvalue weighted by atomic mass is 10.1. The maximum atomic E-state index is 12.3. The molecule has 1 aromatic heterocycles. The van der Waals surface area contributed by atoms with E-state index < -0.39 is 0 Å². The molecule has 0 bridgehead atoms. The average molecular weight is 327 g/mol. The van der Waals surface area contributed by atoms with Crippen LogP contribution >= 0.6 is 15.9 Å². The van der Waals surface area contributed by atoms with E-state index in [9.17, 15) is 4.79 Å². The maximum Gasteiger partial charge on any atom is 0.274 e. The Bertz CT molecular complexity index is 764. The van der Waals surface area contributed by atoms with Gasteiger partial charge < -0.3 is 5.32 Å². The number of rotatable bonds is 2. The summed E-state index contributed by atoms with van der Waals surface area (Å²) in [6.45, 7) is 0. The largest absolute Gasteiger partial charge is 0.321 e. The summed E-state index contributed by atoms with van der Waals surface area (Å²) in [5.74, 6) is -0.205. The van der Waals surface area contributed by atoms with Crippen molar-refractivity contribution in [3.8, 4) is 0 Å². The Morgan fingerprint density at radius 3 is 2.55 bits per heavy atom. The Morgan fingerprint density at radius 1 is 1.00 bits per heavy atom. The van der Waals surface area contributed by atoms with Crippen molar-refractivity contribution < 1.29 is 4.79 Å². The molecule has 0 saturated heterocycles. The van der Waals surface area contributed by atoms with Crippen LogP contribution in [0.25, 0.3) is 10.8 Å². The molecule has 20 heavy (non-hydrogen) atoms. The van der Waals surface area contributed by atoms with E-state index in [0.717, 1.165) is 20.9 Å². The highest BCUT2D eigenvalue weighted by molar-refractivity contribution is 9.10. The monoisotopic (exact) mass is 326 g/mol. The zero-order valence-corrected chi connectivity index (χ0v) is 12.1. The van der Waals surface area contributed by atoms with Gasteiger partial charge in [0.15, 0.2) is 0 Å². The summed E-state index contributed by atoms with van der Waals surface area (Å²) >= 11 is 3.36. The maximum absolute atomic E-state index is 12.3. The number of carbonyl (C=O) groups excluding carboxylic acids is 1. The molecule has 0 saturated carbocycles. The summed E-state index contributed by atoms with van der Waals surface area (Å²) in [5, 5.41) is 4.71. The van der Waals surface area contributed by atoms with E-state index in [1.807, 2.05) is 54.6 Å². The molecule has 3 aromatic rings. The Morgan fingerprint density at radius 2 is 1.75 bits per heavy atom. The Hall–Kier alpha value is -2.20. The molecule has 0 radical (unpaired) electrons. The van der Waals surface area contributed by atoms with Crippen molar-refractivity contribution in [1.82, 2.24) is 4.98 Å². The van der Waals surface area contributed by atoms with Gasteiger partial charge in [0.25, 0.3) is 5.91 Å². The van der Waals surface area contributed by atoms with Gasteiger partial charge >= 0.3 is 0 Å². The molecular formula is C16H11BrN2O. The second kappa shape index (κ2) is 5.43. The number of hydrogen-bond acceptors (Lipinski definition) is 2. The van der Waals surface area contributed by atoms with E-state index in [-0.39, 0.29) is 5.91 Å². The summed E-state index contributed by atoms with van der Waals surface area (Å²) in [6, 6.07) is 17.1. The highest BCUT2D eigenvalue weighted by Gasteiger charge is 2.11. The first kappa shape index (κ1) is 12.8. The van der Waals surface area contributed by atoms with Gasteiger partial charge in [0.1, 0.15) is 5.69 Å².